The van der Waals surface area contributed by atoms with Crippen molar-refractivity contribution in [2.45, 2.75) is 70.1 Å². The molecule has 1 nitrogen and oxygen atoms in total. The Hall–Kier alpha value is -1.25. The molecule has 1 aromatic rings. The van der Waals surface area contributed by atoms with Crippen LogP contribution in [0.4, 0.5) is 8.78 Å². The van der Waals surface area contributed by atoms with E-state index in [-0.39, 0.29) is 0 Å². The fourth-order valence-electron chi connectivity index (χ4n) is 5.90. The highest BCUT2D eigenvalue weighted by atomic mass is 19.1. The van der Waals surface area contributed by atoms with Crippen LogP contribution in [0, 0.1) is 35.3 Å². The number of fused-ring (bicyclic) bond motifs is 1. The fraction of sp³-hybridized carbons (Fsp3) is 0.682. The van der Waals surface area contributed by atoms with Crippen molar-refractivity contribution in [3.63, 3.8) is 0 Å². The minimum atomic E-state index is -0.451. The summed E-state index contributed by atoms with van der Waals surface area (Å²) in [6.45, 7) is 0. The Morgan fingerprint density at radius 3 is 1.92 bits per heavy atom. The molecule has 0 aromatic heterocycles. The van der Waals surface area contributed by atoms with Crippen LogP contribution in [0.5, 0.6) is 0 Å². The third-order valence-electron chi connectivity index (χ3n) is 7.26. The van der Waals surface area contributed by atoms with Gasteiger partial charge in [0.2, 0.25) is 0 Å². The minimum Gasteiger partial charge on any atom is -0.300 e. The summed E-state index contributed by atoms with van der Waals surface area (Å²) in [5.74, 6) is 2.92. The molecule has 0 N–H and O–H groups in total. The summed E-state index contributed by atoms with van der Waals surface area (Å²) < 4.78 is 27.1. The summed E-state index contributed by atoms with van der Waals surface area (Å²) in [5.41, 5.74) is 0.851. The summed E-state index contributed by atoms with van der Waals surface area (Å²) in [4.78, 5) is 11.5. The highest BCUT2D eigenvalue weighted by molar-refractivity contribution is 5.79. The molecule has 0 aliphatic heterocycles. The third kappa shape index (κ3) is 3.80. The fourth-order valence-corrected chi connectivity index (χ4v) is 5.90. The summed E-state index contributed by atoms with van der Waals surface area (Å²) in [6.07, 6.45) is 11.0. The molecule has 0 bridgehead atoms. The number of hydrogen-bond acceptors (Lipinski definition) is 1. The van der Waals surface area contributed by atoms with Gasteiger partial charge in [-0.05, 0) is 98.7 Å². The van der Waals surface area contributed by atoms with Crippen molar-refractivity contribution in [1.82, 2.24) is 0 Å². The Balaban J connectivity index is 1.37. The highest BCUT2D eigenvalue weighted by Crippen LogP contribution is 2.50. The third-order valence-corrected chi connectivity index (χ3v) is 7.26. The van der Waals surface area contributed by atoms with Gasteiger partial charge in [-0.3, -0.25) is 4.79 Å². The molecule has 0 amide bonds. The summed E-state index contributed by atoms with van der Waals surface area (Å²) >= 11 is 0. The van der Waals surface area contributed by atoms with E-state index in [0.717, 1.165) is 67.9 Å². The van der Waals surface area contributed by atoms with Crippen molar-refractivity contribution in [1.29, 1.82) is 0 Å². The average molecular weight is 346 g/mol. The lowest BCUT2D eigenvalue weighted by atomic mass is 9.61. The van der Waals surface area contributed by atoms with E-state index in [2.05, 4.69) is 0 Å². The molecule has 0 saturated heterocycles. The predicted octanol–water partition coefficient (Wildman–Crippen LogP) is 6.02. The Labute approximate surface area is 149 Å². The van der Waals surface area contributed by atoms with Crippen molar-refractivity contribution in [2.24, 2.45) is 23.7 Å². The van der Waals surface area contributed by atoms with Gasteiger partial charge in [0, 0.05) is 18.9 Å². The second-order valence-corrected chi connectivity index (χ2v) is 8.68. The van der Waals surface area contributed by atoms with E-state index < -0.39 is 11.6 Å². The highest BCUT2D eigenvalue weighted by Gasteiger charge is 2.39. The lowest BCUT2D eigenvalue weighted by Crippen LogP contribution is -2.34. The Morgan fingerprint density at radius 2 is 1.24 bits per heavy atom. The maximum atomic E-state index is 13.5. The van der Waals surface area contributed by atoms with E-state index in [4.69, 9.17) is 0 Å². The van der Waals surface area contributed by atoms with Crippen molar-refractivity contribution in [2.75, 3.05) is 0 Å². The molecule has 0 spiro atoms. The van der Waals surface area contributed by atoms with E-state index in [9.17, 15) is 13.6 Å². The molecule has 3 fully saturated rings. The summed E-state index contributed by atoms with van der Waals surface area (Å²) in [6, 6.07) is 4.02. The van der Waals surface area contributed by atoms with Crippen molar-refractivity contribution >= 4 is 5.78 Å². The van der Waals surface area contributed by atoms with Gasteiger partial charge in [0.15, 0.2) is 0 Å². The van der Waals surface area contributed by atoms with E-state index in [1.165, 1.54) is 37.8 Å². The summed E-state index contributed by atoms with van der Waals surface area (Å²) in [5, 5.41) is 0. The van der Waals surface area contributed by atoms with Crippen LogP contribution in [0.25, 0.3) is 0 Å². The van der Waals surface area contributed by atoms with Gasteiger partial charge in [0.05, 0.1) is 0 Å². The monoisotopic (exact) mass is 346 g/mol. The molecule has 3 aliphatic carbocycles. The Morgan fingerprint density at radius 1 is 0.680 bits per heavy atom. The van der Waals surface area contributed by atoms with E-state index >= 15 is 0 Å². The molecule has 2 unspecified atom stereocenters. The first-order valence-corrected chi connectivity index (χ1v) is 10.1. The van der Waals surface area contributed by atoms with Crippen molar-refractivity contribution in [3.05, 3.63) is 35.4 Å². The normalized spacial score (nSPS) is 33.9. The number of ketones is 1. The van der Waals surface area contributed by atoms with Gasteiger partial charge in [-0.25, -0.2) is 8.78 Å². The van der Waals surface area contributed by atoms with Gasteiger partial charge >= 0.3 is 0 Å². The van der Waals surface area contributed by atoms with Gasteiger partial charge in [-0.15, -0.1) is 0 Å². The average Bonchev–Trinajstić information content (AvgIpc) is 2.60. The van der Waals surface area contributed by atoms with Crippen LogP contribution < -0.4 is 0 Å². The maximum absolute atomic E-state index is 13.5. The zero-order valence-corrected chi connectivity index (χ0v) is 14.9. The first kappa shape index (κ1) is 17.2. The van der Waals surface area contributed by atoms with Gasteiger partial charge in [0.1, 0.15) is 17.4 Å². The van der Waals surface area contributed by atoms with Gasteiger partial charge < -0.3 is 0 Å². The molecule has 0 heterocycles. The first-order valence-electron chi connectivity index (χ1n) is 10.1. The second-order valence-electron chi connectivity index (χ2n) is 8.68. The van der Waals surface area contributed by atoms with Crippen LogP contribution in [0.3, 0.4) is 0 Å². The molecule has 4 atom stereocenters. The topological polar surface area (TPSA) is 17.1 Å². The van der Waals surface area contributed by atoms with Gasteiger partial charge in [-0.2, -0.15) is 0 Å². The zero-order valence-electron chi connectivity index (χ0n) is 14.9. The minimum absolute atomic E-state index is 0.315. The molecule has 136 valence electrons. The van der Waals surface area contributed by atoms with E-state index in [0.29, 0.717) is 17.6 Å². The number of rotatable bonds is 2. The van der Waals surface area contributed by atoms with Crippen molar-refractivity contribution < 1.29 is 13.6 Å². The molecular formula is C22H28F2O. The molecule has 3 heteroatoms. The van der Waals surface area contributed by atoms with Gasteiger partial charge in [-0.1, -0.05) is 0 Å². The number of Topliss-reactive ketones (excluding diaryl/α,β-unsaturated/α-hetero) is 1. The van der Waals surface area contributed by atoms with Crippen LogP contribution in [0.1, 0.15) is 75.7 Å². The quantitative estimate of drug-likeness (QED) is 0.639. The van der Waals surface area contributed by atoms with Crippen molar-refractivity contribution in [3.8, 4) is 0 Å². The number of carbonyl (C=O) groups excluding carboxylic acids is 1. The van der Waals surface area contributed by atoms with E-state index in [1.807, 2.05) is 0 Å². The van der Waals surface area contributed by atoms with Gasteiger partial charge in [0.25, 0.3) is 0 Å². The summed E-state index contributed by atoms with van der Waals surface area (Å²) in [7, 11) is 0. The molecule has 3 aliphatic rings. The number of hydrogen-bond donors (Lipinski definition) is 0. The standard InChI is InChI=1S/C22H28F2O/c23-20-11-19(12-21(24)13-20)18-4-3-16-9-15(1-2-17(16)10-18)14-5-7-22(25)8-6-14/h11-18H,1-10H2/t15?,16-,17+,18?/m1/s1. The van der Waals surface area contributed by atoms with Crippen LogP contribution in [0.2, 0.25) is 0 Å². The Kier molecular flexibility index (Phi) is 4.92. The molecule has 3 saturated carbocycles. The van der Waals surface area contributed by atoms with E-state index in [1.54, 1.807) is 0 Å². The molecular weight excluding hydrogens is 318 g/mol. The van der Waals surface area contributed by atoms with Crippen LogP contribution in [0.15, 0.2) is 18.2 Å². The molecule has 4 rings (SSSR count). The van der Waals surface area contributed by atoms with Crippen LogP contribution in [-0.4, -0.2) is 5.78 Å². The number of halogens is 2. The zero-order chi connectivity index (χ0) is 17.4. The number of carbonyl (C=O) groups is 1. The lowest BCUT2D eigenvalue weighted by Gasteiger charge is -2.45. The molecule has 0 radical (unpaired) electrons. The first-order chi connectivity index (χ1) is 12.1. The molecule has 1 aromatic carbocycles. The lowest BCUT2D eigenvalue weighted by molar-refractivity contribution is -0.121. The van der Waals surface area contributed by atoms with Crippen LogP contribution in [-0.2, 0) is 4.79 Å². The predicted molar refractivity (Wildman–Crippen MR) is 94.2 cm³/mol. The Bertz CT molecular complexity index is 611. The van der Waals surface area contributed by atoms with Crippen LogP contribution >= 0.6 is 0 Å². The second kappa shape index (κ2) is 7.17. The smallest absolute Gasteiger partial charge is 0.132 e. The SMILES string of the molecule is O=C1CCC(C2CC[C@H]3CC(c4cc(F)cc(F)c4)CC[C@@H]3C2)CC1. The maximum Gasteiger partial charge on any atom is 0.132 e. The number of benzene rings is 1. The molecule has 25 heavy (non-hydrogen) atoms. The largest absolute Gasteiger partial charge is 0.300 e.